The Balaban J connectivity index is 1.75. The number of nitrogens with zero attached hydrogens (tertiary/aromatic N) is 2. The fourth-order valence-electron chi connectivity index (χ4n) is 2.99. The van der Waals surface area contributed by atoms with Gasteiger partial charge in [-0.15, -0.1) is 0 Å². The van der Waals surface area contributed by atoms with Crippen LogP contribution in [0.1, 0.15) is 48.5 Å². The number of aliphatic hydroxyl groups is 1. The molecule has 0 spiro atoms. The van der Waals surface area contributed by atoms with Crippen molar-refractivity contribution in [3.05, 3.63) is 47.3 Å². The van der Waals surface area contributed by atoms with Gasteiger partial charge in [0.2, 0.25) is 0 Å². The fraction of sp³-hybridized carbons (Fsp3) is 0.471. The van der Waals surface area contributed by atoms with E-state index in [0.29, 0.717) is 6.04 Å². The van der Waals surface area contributed by atoms with E-state index in [1.807, 2.05) is 6.20 Å². The maximum absolute atomic E-state index is 9.54. The molecule has 0 atom stereocenters. The average molecular weight is 302 g/mol. The first-order valence-corrected chi connectivity index (χ1v) is 8.62. The smallest absolute Gasteiger partial charge is 0.168 e. The van der Waals surface area contributed by atoms with Crippen LogP contribution in [-0.4, -0.2) is 14.7 Å². The van der Waals surface area contributed by atoms with Gasteiger partial charge in [-0.05, 0) is 25.3 Å². The molecule has 21 heavy (non-hydrogen) atoms. The van der Waals surface area contributed by atoms with Crippen LogP contribution in [0.5, 0.6) is 0 Å². The molecule has 0 aliphatic heterocycles. The minimum atomic E-state index is 0.0780. The number of thioether (sulfide) groups is 1. The normalized spacial score (nSPS) is 15.7. The molecule has 1 heterocycles. The van der Waals surface area contributed by atoms with Gasteiger partial charge in [0.05, 0.1) is 18.5 Å². The molecular formula is C17H22N2OS. The summed E-state index contributed by atoms with van der Waals surface area (Å²) in [6.07, 6.45) is 6.82. The van der Waals surface area contributed by atoms with Crippen LogP contribution in [0.3, 0.4) is 0 Å². The summed E-state index contributed by atoms with van der Waals surface area (Å²) < 4.78 is 2.27. The maximum atomic E-state index is 9.54. The Morgan fingerprint density at radius 2 is 1.95 bits per heavy atom. The van der Waals surface area contributed by atoms with Gasteiger partial charge < -0.3 is 9.67 Å². The third kappa shape index (κ3) is 3.33. The quantitative estimate of drug-likeness (QED) is 0.845. The molecule has 1 fully saturated rings. The largest absolute Gasteiger partial charge is 0.390 e. The second-order valence-electron chi connectivity index (χ2n) is 5.77. The number of hydrogen-bond acceptors (Lipinski definition) is 3. The molecule has 112 valence electrons. The van der Waals surface area contributed by atoms with Gasteiger partial charge in [-0.25, -0.2) is 4.98 Å². The van der Waals surface area contributed by atoms with Crippen molar-refractivity contribution in [1.29, 1.82) is 0 Å². The minimum absolute atomic E-state index is 0.0780. The van der Waals surface area contributed by atoms with E-state index < -0.39 is 0 Å². The first-order valence-electron chi connectivity index (χ1n) is 7.63. The molecule has 0 saturated heterocycles. The molecule has 1 aliphatic carbocycles. The molecule has 1 aromatic carbocycles. The highest BCUT2D eigenvalue weighted by Crippen LogP contribution is 2.35. The molecule has 0 unspecified atom stereocenters. The van der Waals surface area contributed by atoms with Crippen molar-refractivity contribution in [2.75, 3.05) is 0 Å². The molecule has 0 amide bonds. The molecule has 1 aliphatic rings. The Labute approximate surface area is 130 Å². The van der Waals surface area contributed by atoms with E-state index >= 15 is 0 Å². The monoisotopic (exact) mass is 302 g/mol. The van der Waals surface area contributed by atoms with Crippen molar-refractivity contribution in [2.45, 2.75) is 56.2 Å². The first kappa shape index (κ1) is 14.7. The van der Waals surface area contributed by atoms with Gasteiger partial charge in [-0.1, -0.05) is 54.4 Å². The van der Waals surface area contributed by atoms with Gasteiger partial charge in [0.1, 0.15) is 0 Å². The van der Waals surface area contributed by atoms with E-state index in [-0.39, 0.29) is 6.61 Å². The summed E-state index contributed by atoms with van der Waals surface area (Å²) in [7, 11) is 0. The lowest BCUT2D eigenvalue weighted by Crippen LogP contribution is -2.10. The number of aryl methyl sites for hydroxylation is 1. The highest BCUT2D eigenvalue weighted by molar-refractivity contribution is 7.98. The van der Waals surface area contributed by atoms with Gasteiger partial charge in [-0.3, -0.25) is 0 Å². The van der Waals surface area contributed by atoms with Gasteiger partial charge in [0.25, 0.3) is 0 Å². The van der Waals surface area contributed by atoms with Crippen LogP contribution in [-0.2, 0) is 12.4 Å². The molecule has 0 bridgehead atoms. The van der Waals surface area contributed by atoms with E-state index in [1.54, 1.807) is 11.8 Å². The van der Waals surface area contributed by atoms with Crippen LogP contribution in [0.25, 0.3) is 0 Å². The first-order chi connectivity index (χ1) is 10.3. The molecule has 1 saturated carbocycles. The van der Waals surface area contributed by atoms with E-state index in [2.05, 4.69) is 40.7 Å². The second-order valence-corrected chi connectivity index (χ2v) is 6.72. The summed E-state index contributed by atoms with van der Waals surface area (Å²) in [5.41, 5.74) is 3.56. The fourth-order valence-corrected chi connectivity index (χ4v) is 4.01. The zero-order chi connectivity index (χ0) is 14.7. The molecule has 1 N–H and O–H groups in total. The van der Waals surface area contributed by atoms with E-state index in [1.165, 1.54) is 36.8 Å². The lowest BCUT2D eigenvalue weighted by molar-refractivity contribution is 0.263. The topological polar surface area (TPSA) is 38.1 Å². The van der Waals surface area contributed by atoms with Gasteiger partial charge in [-0.2, -0.15) is 0 Å². The molecule has 1 aromatic heterocycles. The lowest BCUT2D eigenvalue weighted by atomic mass is 10.2. The van der Waals surface area contributed by atoms with Crippen LogP contribution in [0, 0.1) is 6.92 Å². The van der Waals surface area contributed by atoms with Crippen LogP contribution in [0.15, 0.2) is 35.6 Å². The van der Waals surface area contributed by atoms with Gasteiger partial charge >= 0.3 is 0 Å². The SMILES string of the molecule is Cc1ccc(CSc2ncc(CO)n2C2CCCC2)cc1. The Hall–Kier alpha value is -1.26. The maximum Gasteiger partial charge on any atom is 0.168 e. The summed E-state index contributed by atoms with van der Waals surface area (Å²) in [6, 6.07) is 9.18. The Bertz CT molecular complexity index is 585. The highest BCUT2D eigenvalue weighted by Gasteiger charge is 2.22. The van der Waals surface area contributed by atoms with Crippen molar-refractivity contribution < 1.29 is 5.11 Å². The van der Waals surface area contributed by atoms with Crippen molar-refractivity contribution in [3.8, 4) is 0 Å². The van der Waals surface area contributed by atoms with Crippen LogP contribution < -0.4 is 0 Å². The van der Waals surface area contributed by atoms with Crippen LogP contribution in [0.4, 0.5) is 0 Å². The summed E-state index contributed by atoms with van der Waals surface area (Å²) in [4.78, 5) is 4.53. The standard InChI is InChI=1S/C17H22N2OS/c1-13-6-8-14(9-7-13)12-21-17-18-10-16(11-20)19(17)15-4-2-3-5-15/h6-10,15,20H,2-5,11-12H2,1H3. The summed E-state index contributed by atoms with van der Waals surface area (Å²) in [5.74, 6) is 0.925. The minimum Gasteiger partial charge on any atom is -0.390 e. The highest BCUT2D eigenvalue weighted by atomic mass is 32.2. The van der Waals surface area contributed by atoms with E-state index in [4.69, 9.17) is 0 Å². The number of benzene rings is 1. The van der Waals surface area contributed by atoms with E-state index in [0.717, 1.165) is 16.6 Å². The Kier molecular flexibility index (Phi) is 4.66. The molecular weight excluding hydrogens is 280 g/mol. The number of imidazole rings is 1. The van der Waals surface area contributed by atoms with Gasteiger partial charge in [0, 0.05) is 11.8 Å². The third-order valence-electron chi connectivity index (χ3n) is 4.18. The summed E-state index contributed by atoms with van der Waals surface area (Å²) in [5, 5.41) is 10.6. The zero-order valence-corrected chi connectivity index (χ0v) is 13.3. The number of aromatic nitrogens is 2. The number of aliphatic hydroxyl groups excluding tert-OH is 1. The molecule has 4 heteroatoms. The molecule has 3 nitrogen and oxygen atoms in total. The van der Waals surface area contributed by atoms with Gasteiger partial charge in [0.15, 0.2) is 5.16 Å². The van der Waals surface area contributed by atoms with Crippen molar-refractivity contribution in [3.63, 3.8) is 0 Å². The molecule has 2 aromatic rings. The summed E-state index contributed by atoms with van der Waals surface area (Å²) >= 11 is 1.77. The number of hydrogen-bond donors (Lipinski definition) is 1. The number of rotatable bonds is 5. The lowest BCUT2D eigenvalue weighted by Gasteiger charge is -2.17. The Morgan fingerprint density at radius 1 is 1.24 bits per heavy atom. The molecule has 0 radical (unpaired) electrons. The predicted octanol–water partition coefficient (Wildman–Crippen LogP) is 4.09. The van der Waals surface area contributed by atoms with Crippen LogP contribution >= 0.6 is 11.8 Å². The zero-order valence-electron chi connectivity index (χ0n) is 12.5. The average Bonchev–Trinajstić information content (AvgIpc) is 3.15. The van der Waals surface area contributed by atoms with Crippen molar-refractivity contribution >= 4 is 11.8 Å². The van der Waals surface area contributed by atoms with Crippen molar-refractivity contribution in [2.24, 2.45) is 0 Å². The second kappa shape index (κ2) is 6.67. The third-order valence-corrected chi connectivity index (χ3v) is 5.22. The van der Waals surface area contributed by atoms with Crippen molar-refractivity contribution in [1.82, 2.24) is 9.55 Å². The predicted molar refractivity (Wildman–Crippen MR) is 86.4 cm³/mol. The van der Waals surface area contributed by atoms with E-state index in [9.17, 15) is 5.11 Å². The molecule has 3 rings (SSSR count). The Morgan fingerprint density at radius 3 is 2.62 bits per heavy atom. The summed E-state index contributed by atoms with van der Waals surface area (Å²) in [6.45, 7) is 2.19. The van der Waals surface area contributed by atoms with Crippen LogP contribution in [0.2, 0.25) is 0 Å².